The van der Waals surface area contributed by atoms with Crippen LogP contribution in [0.15, 0.2) is 36.5 Å². The number of aliphatic hydroxyl groups is 2. The van der Waals surface area contributed by atoms with Gasteiger partial charge in [-0.1, -0.05) is 359 Å². The summed E-state index contributed by atoms with van der Waals surface area (Å²) in [7, 11) is 0. The average molecular weight is 1170 g/mol. The third-order valence-electron chi connectivity index (χ3n) is 17.7. The van der Waals surface area contributed by atoms with E-state index in [1.807, 2.05) is 0 Å². The summed E-state index contributed by atoms with van der Waals surface area (Å²) in [5.74, 6) is -0.0265. The van der Waals surface area contributed by atoms with Crippen LogP contribution in [0.25, 0.3) is 0 Å². The lowest BCUT2D eigenvalue weighted by molar-refractivity contribution is -0.143. The first kappa shape index (κ1) is 81.1. The van der Waals surface area contributed by atoms with Gasteiger partial charge in [-0.05, 0) is 83.5 Å². The molecule has 0 aliphatic carbocycles. The molecule has 0 aromatic rings. The molecule has 0 bridgehead atoms. The Hall–Kier alpha value is -1.92. The van der Waals surface area contributed by atoms with Crippen LogP contribution in [0.3, 0.4) is 0 Å². The van der Waals surface area contributed by atoms with Crippen molar-refractivity contribution in [3.63, 3.8) is 0 Å². The van der Waals surface area contributed by atoms with Crippen molar-refractivity contribution in [1.82, 2.24) is 5.32 Å². The summed E-state index contributed by atoms with van der Waals surface area (Å²) >= 11 is 0. The Morgan fingerprint density at radius 1 is 0.337 bits per heavy atom. The number of allylic oxidation sites excluding steroid dienone is 6. The van der Waals surface area contributed by atoms with Gasteiger partial charge in [0.15, 0.2) is 0 Å². The first-order valence-electron chi connectivity index (χ1n) is 37.7. The van der Waals surface area contributed by atoms with Gasteiger partial charge in [-0.15, -0.1) is 0 Å². The third kappa shape index (κ3) is 69.1. The number of hydrogen-bond acceptors (Lipinski definition) is 5. The van der Waals surface area contributed by atoms with Gasteiger partial charge in [0.05, 0.1) is 25.4 Å². The number of nitrogens with one attached hydrogen (secondary N) is 1. The molecule has 2 unspecified atom stereocenters. The van der Waals surface area contributed by atoms with Crippen LogP contribution in [0.2, 0.25) is 0 Å². The Balaban J connectivity index is 3.38. The van der Waals surface area contributed by atoms with Crippen molar-refractivity contribution in [2.75, 3.05) is 13.2 Å². The number of esters is 1. The fraction of sp³-hybridized carbons (Fsp3) is 0.896. The molecular weight excluding hydrogens is 1020 g/mol. The van der Waals surface area contributed by atoms with E-state index in [2.05, 4.69) is 55.6 Å². The monoisotopic (exact) mass is 1170 g/mol. The van der Waals surface area contributed by atoms with Crippen LogP contribution in [0.1, 0.15) is 418 Å². The highest BCUT2D eigenvalue weighted by atomic mass is 16.5. The highest BCUT2D eigenvalue weighted by molar-refractivity contribution is 5.76. The molecule has 6 heteroatoms. The van der Waals surface area contributed by atoms with Gasteiger partial charge >= 0.3 is 5.97 Å². The zero-order valence-corrected chi connectivity index (χ0v) is 56.2. The summed E-state index contributed by atoms with van der Waals surface area (Å²) in [5, 5.41) is 23.4. The summed E-state index contributed by atoms with van der Waals surface area (Å²) in [6.07, 6.45) is 93.5. The smallest absolute Gasteiger partial charge is 0.305 e. The topological polar surface area (TPSA) is 95.9 Å². The highest BCUT2D eigenvalue weighted by Gasteiger charge is 2.20. The third-order valence-corrected chi connectivity index (χ3v) is 17.7. The summed E-state index contributed by atoms with van der Waals surface area (Å²) in [6.45, 7) is 4.96. The molecule has 3 N–H and O–H groups in total. The number of carbonyl (C=O) groups excluding carboxylic acids is 2. The molecule has 0 spiro atoms. The molecule has 0 aliphatic heterocycles. The zero-order chi connectivity index (χ0) is 59.9. The highest BCUT2D eigenvalue weighted by Crippen LogP contribution is 2.19. The molecule has 490 valence electrons. The van der Waals surface area contributed by atoms with Crippen LogP contribution in [0, 0.1) is 0 Å². The minimum absolute atomic E-state index is 0.00310. The predicted octanol–water partition coefficient (Wildman–Crippen LogP) is 24.7. The van der Waals surface area contributed by atoms with E-state index in [-0.39, 0.29) is 18.5 Å². The minimum atomic E-state index is -0.665. The molecule has 6 nitrogen and oxygen atoms in total. The van der Waals surface area contributed by atoms with E-state index >= 15 is 0 Å². The van der Waals surface area contributed by atoms with Gasteiger partial charge in [0.2, 0.25) is 5.91 Å². The Morgan fingerprint density at radius 3 is 0.952 bits per heavy atom. The van der Waals surface area contributed by atoms with Crippen molar-refractivity contribution in [2.45, 2.75) is 431 Å². The second-order valence-electron chi connectivity index (χ2n) is 26.0. The largest absolute Gasteiger partial charge is 0.466 e. The molecule has 0 fully saturated rings. The van der Waals surface area contributed by atoms with Gasteiger partial charge in [0.25, 0.3) is 0 Å². The second-order valence-corrected chi connectivity index (χ2v) is 26.0. The van der Waals surface area contributed by atoms with Crippen LogP contribution in [-0.2, 0) is 14.3 Å². The lowest BCUT2D eigenvalue weighted by Gasteiger charge is -2.22. The number of amides is 1. The molecule has 2 atom stereocenters. The second kappa shape index (κ2) is 72.6. The lowest BCUT2D eigenvalue weighted by Crippen LogP contribution is -2.45. The lowest BCUT2D eigenvalue weighted by atomic mass is 10.0. The molecular formula is C77H147NO5. The van der Waals surface area contributed by atoms with Crippen molar-refractivity contribution in [3.8, 4) is 0 Å². The molecule has 83 heavy (non-hydrogen) atoms. The maximum Gasteiger partial charge on any atom is 0.305 e. The number of rotatable bonds is 71. The first-order valence-corrected chi connectivity index (χ1v) is 37.7. The number of hydrogen-bond donors (Lipinski definition) is 3. The molecule has 0 aromatic heterocycles. The van der Waals surface area contributed by atoms with E-state index in [1.165, 1.54) is 334 Å². The molecule has 0 aliphatic rings. The summed E-state index contributed by atoms with van der Waals surface area (Å²) in [6, 6.07) is -0.542. The van der Waals surface area contributed by atoms with Crippen molar-refractivity contribution in [1.29, 1.82) is 0 Å². The Bertz CT molecular complexity index is 1340. The standard InChI is InChI=1S/C77H147NO5/c1-3-5-7-9-11-13-15-17-19-20-21-22-32-35-38-42-45-49-53-57-61-65-69-75(80)74(73-79)78-76(81)70-66-62-58-54-50-46-43-39-36-33-30-28-26-24-23-25-27-29-31-34-37-40-44-48-52-56-60-64-68-72-83-77(82)71-67-63-59-55-51-47-41-18-16-14-12-10-8-6-4-2/h12,14,18,23,25,41,74-75,79-80H,3-11,13,15-17,19-22,24,26-40,42-73H2,1-2H3,(H,78,81)/b14-12-,25-23-,41-18-. The van der Waals surface area contributed by atoms with E-state index in [1.54, 1.807) is 0 Å². The van der Waals surface area contributed by atoms with E-state index in [0.717, 1.165) is 51.4 Å². The number of aliphatic hydroxyl groups excluding tert-OH is 2. The molecule has 0 aromatic carbocycles. The summed E-state index contributed by atoms with van der Waals surface area (Å²) in [5.41, 5.74) is 0. The van der Waals surface area contributed by atoms with Gasteiger partial charge in [-0.2, -0.15) is 0 Å². The van der Waals surface area contributed by atoms with Crippen LogP contribution in [0.4, 0.5) is 0 Å². The maximum absolute atomic E-state index is 12.6. The first-order chi connectivity index (χ1) is 41.0. The Morgan fingerprint density at radius 2 is 0.602 bits per heavy atom. The predicted molar refractivity (Wildman–Crippen MR) is 366 cm³/mol. The number of carbonyl (C=O) groups is 2. The van der Waals surface area contributed by atoms with E-state index < -0.39 is 12.1 Å². The summed E-state index contributed by atoms with van der Waals surface area (Å²) < 4.78 is 5.49. The quantitative estimate of drug-likeness (QED) is 0.0320. The fourth-order valence-electron chi connectivity index (χ4n) is 11.9. The van der Waals surface area contributed by atoms with Gasteiger partial charge in [0, 0.05) is 12.8 Å². The van der Waals surface area contributed by atoms with Gasteiger partial charge < -0.3 is 20.3 Å². The van der Waals surface area contributed by atoms with Crippen molar-refractivity contribution >= 4 is 11.9 Å². The molecule has 0 heterocycles. The zero-order valence-electron chi connectivity index (χ0n) is 56.2. The SMILES string of the molecule is CCCCC/C=C\C/C=C\CCCCCCCC(=O)OCCCCCCCCCCCCCC/C=C\CCCCCCCCCCCCCCCC(=O)NC(CO)C(O)CCCCCCCCCCCCCCCCCCCCCCCC. The average Bonchev–Trinajstić information content (AvgIpc) is 3.49. The van der Waals surface area contributed by atoms with Crippen LogP contribution in [-0.4, -0.2) is 47.4 Å². The van der Waals surface area contributed by atoms with Crippen LogP contribution >= 0.6 is 0 Å². The van der Waals surface area contributed by atoms with Crippen molar-refractivity contribution in [3.05, 3.63) is 36.5 Å². The van der Waals surface area contributed by atoms with Gasteiger partial charge in [-0.3, -0.25) is 9.59 Å². The maximum atomic E-state index is 12.6. The fourth-order valence-corrected chi connectivity index (χ4v) is 11.9. The van der Waals surface area contributed by atoms with Crippen molar-refractivity contribution in [2.24, 2.45) is 0 Å². The van der Waals surface area contributed by atoms with E-state index in [4.69, 9.17) is 4.74 Å². The van der Waals surface area contributed by atoms with Crippen LogP contribution in [0.5, 0.6) is 0 Å². The van der Waals surface area contributed by atoms with Gasteiger partial charge in [0.1, 0.15) is 0 Å². The molecule has 0 rings (SSSR count). The summed E-state index contributed by atoms with van der Waals surface area (Å²) in [4.78, 5) is 24.6. The Kier molecular flexibility index (Phi) is 70.9. The van der Waals surface area contributed by atoms with Crippen molar-refractivity contribution < 1.29 is 24.5 Å². The van der Waals surface area contributed by atoms with Gasteiger partial charge in [-0.25, -0.2) is 0 Å². The Labute approximate surface area is 519 Å². The molecule has 0 saturated heterocycles. The number of ether oxygens (including phenoxy) is 1. The normalized spacial score (nSPS) is 12.7. The molecule has 1 amide bonds. The molecule has 0 radical (unpaired) electrons. The van der Waals surface area contributed by atoms with Crippen LogP contribution < -0.4 is 5.32 Å². The molecule has 0 saturated carbocycles. The van der Waals surface area contributed by atoms with E-state index in [9.17, 15) is 19.8 Å². The number of unbranched alkanes of at least 4 members (excludes halogenated alkanes) is 54. The van der Waals surface area contributed by atoms with E-state index in [0.29, 0.717) is 25.9 Å². The minimum Gasteiger partial charge on any atom is -0.466 e.